The second-order valence-corrected chi connectivity index (χ2v) is 5.86. The van der Waals surface area contributed by atoms with Gasteiger partial charge in [0.2, 0.25) is 0 Å². The molecule has 0 fully saturated rings. The summed E-state index contributed by atoms with van der Waals surface area (Å²) >= 11 is 12.8. The highest BCUT2D eigenvalue weighted by molar-refractivity contribution is 9.10. The Bertz CT molecular complexity index is 525. The Labute approximate surface area is 122 Å². The van der Waals surface area contributed by atoms with Gasteiger partial charge in [-0.1, -0.05) is 61.7 Å². The molecule has 2 rings (SSSR count). The largest absolute Gasteiger partial charge is 0.384 e. The van der Waals surface area contributed by atoms with E-state index in [0.717, 1.165) is 14.5 Å². The first-order valence-electron chi connectivity index (χ1n) is 4.96. The van der Waals surface area contributed by atoms with E-state index in [1.54, 1.807) is 6.07 Å². The minimum Gasteiger partial charge on any atom is -0.384 e. The summed E-state index contributed by atoms with van der Waals surface area (Å²) in [5, 5.41) is 10.8. The summed E-state index contributed by atoms with van der Waals surface area (Å²) in [6.45, 7) is 0. The number of benzene rings is 2. The van der Waals surface area contributed by atoms with Crippen LogP contribution in [0.4, 0.5) is 0 Å². The summed E-state index contributed by atoms with van der Waals surface area (Å²) in [5.41, 5.74) is 1.52. The van der Waals surface area contributed by atoms with Crippen molar-refractivity contribution in [3.05, 3.63) is 67.6 Å². The molecule has 1 unspecified atom stereocenters. The normalized spacial score (nSPS) is 12.5. The number of hydrogen-bond acceptors (Lipinski definition) is 1. The lowest BCUT2D eigenvalue weighted by atomic mass is 10.0. The molecule has 1 nitrogen and oxygen atoms in total. The van der Waals surface area contributed by atoms with Crippen LogP contribution in [0, 0.1) is 0 Å². The van der Waals surface area contributed by atoms with Crippen molar-refractivity contribution in [2.75, 3.05) is 0 Å². The van der Waals surface area contributed by atoms with Crippen molar-refractivity contribution in [2.45, 2.75) is 6.10 Å². The maximum Gasteiger partial charge on any atom is 0.105 e. The molecule has 0 radical (unpaired) electrons. The fourth-order valence-corrected chi connectivity index (χ4v) is 2.59. The second-order valence-electron chi connectivity index (χ2n) is 3.62. The zero-order valence-corrected chi connectivity index (χ0v) is 12.6. The molecule has 17 heavy (non-hydrogen) atoms. The van der Waals surface area contributed by atoms with Gasteiger partial charge in [0.15, 0.2) is 0 Å². The predicted octanol–water partition coefficient (Wildman–Crippen LogP) is 4.95. The number of hydrogen-bond donors (Lipinski definition) is 1. The first-order valence-corrected chi connectivity index (χ1v) is 6.93. The Balaban J connectivity index is 2.36. The standard InChI is InChI=1S/C13H9Br2ClO/c14-9-3-1-8(2-4-9)13(17)11-6-5-10(15)7-12(11)16/h1-7,13,17H. The van der Waals surface area contributed by atoms with E-state index in [9.17, 15) is 5.11 Å². The van der Waals surface area contributed by atoms with Gasteiger partial charge in [-0.15, -0.1) is 0 Å². The van der Waals surface area contributed by atoms with Crippen LogP contribution in [0.15, 0.2) is 51.4 Å². The monoisotopic (exact) mass is 374 g/mol. The van der Waals surface area contributed by atoms with Crippen LogP contribution in [-0.2, 0) is 0 Å². The average molecular weight is 376 g/mol. The summed E-state index contributed by atoms with van der Waals surface area (Å²) in [6.07, 6.45) is -0.705. The molecule has 1 atom stereocenters. The maximum atomic E-state index is 10.2. The van der Waals surface area contributed by atoms with Crippen LogP contribution >= 0.6 is 43.5 Å². The quantitative estimate of drug-likeness (QED) is 0.787. The smallest absolute Gasteiger partial charge is 0.105 e. The van der Waals surface area contributed by atoms with Crippen molar-refractivity contribution in [1.82, 2.24) is 0 Å². The van der Waals surface area contributed by atoms with Gasteiger partial charge in [-0.3, -0.25) is 0 Å². The average Bonchev–Trinajstić information content (AvgIpc) is 2.29. The van der Waals surface area contributed by atoms with Gasteiger partial charge in [0, 0.05) is 19.5 Å². The summed E-state index contributed by atoms with van der Waals surface area (Å²) in [5.74, 6) is 0. The van der Waals surface area contributed by atoms with E-state index >= 15 is 0 Å². The Morgan fingerprint density at radius 1 is 0.941 bits per heavy atom. The topological polar surface area (TPSA) is 20.2 Å². The first kappa shape index (κ1) is 13.1. The SMILES string of the molecule is OC(c1ccc(Br)cc1)c1ccc(Br)cc1Cl. The summed E-state index contributed by atoms with van der Waals surface area (Å²) < 4.78 is 1.88. The number of halogens is 3. The number of aliphatic hydroxyl groups excluding tert-OH is 1. The molecule has 2 aromatic rings. The molecular formula is C13H9Br2ClO. The van der Waals surface area contributed by atoms with Crippen molar-refractivity contribution in [3.8, 4) is 0 Å². The molecule has 0 aliphatic carbocycles. The van der Waals surface area contributed by atoms with Gasteiger partial charge >= 0.3 is 0 Å². The van der Waals surface area contributed by atoms with E-state index in [1.165, 1.54) is 0 Å². The van der Waals surface area contributed by atoms with E-state index in [0.29, 0.717) is 10.6 Å². The molecule has 0 bridgehead atoms. The zero-order valence-electron chi connectivity index (χ0n) is 8.70. The molecule has 1 N–H and O–H groups in total. The Kier molecular flexibility index (Phi) is 4.26. The lowest BCUT2D eigenvalue weighted by Crippen LogP contribution is -2.00. The van der Waals surface area contributed by atoms with Crippen molar-refractivity contribution < 1.29 is 5.11 Å². The predicted molar refractivity (Wildman–Crippen MR) is 77.4 cm³/mol. The molecule has 2 aromatic carbocycles. The van der Waals surface area contributed by atoms with Gasteiger partial charge in [-0.05, 0) is 29.8 Å². The van der Waals surface area contributed by atoms with E-state index in [2.05, 4.69) is 31.9 Å². The number of rotatable bonds is 2. The molecular weight excluding hydrogens is 367 g/mol. The highest BCUT2D eigenvalue weighted by Gasteiger charge is 2.13. The lowest BCUT2D eigenvalue weighted by Gasteiger charge is -2.13. The molecule has 0 heterocycles. The molecule has 0 saturated heterocycles. The lowest BCUT2D eigenvalue weighted by molar-refractivity contribution is 0.220. The summed E-state index contributed by atoms with van der Waals surface area (Å²) in [6, 6.07) is 13.0. The molecule has 0 saturated carbocycles. The molecule has 0 aliphatic heterocycles. The first-order chi connectivity index (χ1) is 8.08. The third-order valence-corrected chi connectivity index (χ3v) is 3.79. The molecule has 0 aromatic heterocycles. The van der Waals surface area contributed by atoms with Crippen LogP contribution in [0.25, 0.3) is 0 Å². The van der Waals surface area contributed by atoms with Crippen LogP contribution in [-0.4, -0.2) is 5.11 Å². The van der Waals surface area contributed by atoms with E-state index in [4.69, 9.17) is 11.6 Å². The molecule has 4 heteroatoms. The minimum atomic E-state index is -0.705. The Morgan fingerprint density at radius 3 is 2.12 bits per heavy atom. The van der Waals surface area contributed by atoms with Gasteiger partial charge in [-0.2, -0.15) is 0 Å². The Morgan fingerprint density at radius 2 is 1.53 bits per heavy atom. The number of aliphatic hydroxyl groups is 1. The highest BCUT2D eigenvalue weighted by Crippen LogP contribution is 2.30. The van der Waals surface area contributed by atoms with E-state index in [-0.39, 0.29) is 0 Å². The van der Waals surface area contributed by atoms with Gasteiger partial charge in [0.25, 0.3) is 0 Å². The molecule has 0 spiro atoms. The maximum absolute atomic E-state index is 10.2. The van der Waals surface area contributed by atoms with Crippen LogP contribution in [0.2, 0.25) is 5.02 Å². The van der Waals surface area contributed by atoms with Crippen molar-refractivity contribution in [1.29, 1.82) is 0 Å². The van der Waals surface area contributed by atoms with Crippen molar-refractivity contribution in [3.63, 3.8) is 0 Å². The summed E-state index contributed by atoms with van der Waals surface area (Å²) in [7, 11) is 0. The minimum absolute atomic E-state index is 0.551. The second kappa shape index (κ2) is 5.53. The van der Waals surface area contributed by atoms with Crippen LogP contribution in [0.1, 0.15) is 17.2 Å². The molecule has 0 amide bonds. The molecule has 0 aliphatic rings. The summed E-state index contributed by atoms with van der Waals surface area (Å²) in [4.78, 5) is 0. The van der Waals surface area contributed by atoms with Gasteiger partial charge in [0.1, 0.15) is 6.10 Å². The van der Waals surface area contributed by atoms with Gasteiger partial charge in [-0.25, -0.2) is 0 Å². The molecule has 88 valence electrons. The third kappa shape index (κ3) is 3.10. The van der Waals surface area contributed by atoms with Gasteiger partial charge < -0.3 is 5.11 Å². The van der Waals surface area contributed by atoms with Gasteiger partial charge in [0.05, 0.1) is 0 Å². The highest BCUT2D eigenvalue weighted by atomic mass is 79.9. The van der Waals surface area contributed by atoms with Crippen LogP contribution in [0.5, 0.6) is 0 Å². The van der Waals surface area contributed by atoms with E-state index < -0.39 is 6.10 Å². The van der Waals surface area contributed by atoms with E-state index in [1.807, 2.05) is 36.4 Å². The fraction of sp³-hybridized carbons (Fsp3) is 0.0769. The van der Waals surface area contributed by atoms with Crippen LogP contribution in [0.3, 0.4) is 0 Å². The van der Waals surface area contributed by atoms with Crippen LogP contribution < -0.4 is 0 Å². The van der Waals surface area contributed by atoms with Crippen molar-refractivity contribution in [2.24, 2.45) is 0 Å². The van der Waals surface area contributed by atoms with Crippen molar-refractivity contribution >= 4 is 43.5 Å². The zero-order chi connectivity index (χ0) is 12.4. The third-order valence-electron chi connectivity index (χ3n) is 2.44. The fourth-order valence-electron chi connectivity index (χ4n) is 1.55. The Hall–Kier alpha value is -0.350.